The standard InChI is InChI=1S/C19H24N4O4S/c1-4-22(11-17(24)20-10-15-6-5-9-28-15)12-18(25)21-19-14(3)13(2)7-8-16(19)23(26)27/h5-9H,4,10-12H2,1-3H3,(H,20,24)(H,21,25). The van der Waals surface area contributed by atoms with Crippen molar-refractivity contribution < 1.29 is 14.5 Å². The van der Waals surface area contributed by atoms with Crippen LogP contribution < -0.4 is 10.6 Å². The predicted molar refractivity (Wildman–Crippen MR) is 109 cm³/mol. The molecule has 9 heteroatoms. The van der Waals surface area contributed by atoms with Crippen LogP contribution in [0.15, 0.2) is 29.6 Å². The molecule has 28 heavy (non-hydrogen) atoms. The SMILES string of the molecule is CCN(CC(=O)NCc1cccs1)CC(=O)Nc1c([N+](=O)[O-])ccc(C)c1C. The molecular weight excluding hydrogens is 380 g/mol. The number of thiophene rings is 1. The van der Waals surface area contributed by atoms with Crippen molar-refractivity contribution in [2.75, 3.05) is 25.0 Å². The van der Waals surface area contributed by atoms with E-state index < -0.39 is 10.8 Å². The van der Waals surface area contributed by atoms with E-state index in [0.717, 1.165) is 10.4 Å². The van der Waals surface area contributed by atoms with E-state index in [9.17, 15) is 19.7 Å². The Morgan fingerprint density at radius 2 is 1.89 bits per heavy atom. The molecule has 2 aromatic rings. The van der Waals surface area contributed by atoms with E-state index in [1.165, 1.54) is 6.07 Å². The first-order valence-electron chi connectivity index (χ1n) is 8.87. The van der Waals surface area contributed by atoms with Crippen LogP contribution in [-0.2, 0) is 16.1 Å². The van der Waals surface area contributed by atoms with Gasteiger partial charge in [-0.15, -0.1) is 11.3 Å². The Bertz CT molecular complexity index is 852. The van der Waals surface area contributed by atoms with Crippen LogP contribution in [0.5, 0.6) is 0 Å². The summed E-state index contributed by atoms with van der Waals surface area (Å²) in [6.45, 7) is 6.39. The number of hydrogen-bond donors (Lipinski definition) is 2. The number of carbonyl (C=O) groups excluding carboxylic acids is 2. The van der Waals surface area contributed by atoms with E-state index in [0.29, 0.717) is 18.7 Å². The Balaban J connectivity index is 1.96. The number of nitro groups is 1. The predicted octanol–water partition coefficient (Wildman–Crippen LogP) is 2.85. The van der Waals surface area contributed by atoms with Crippen LogP contribution >= 0.6 is 11.3 Å². The van der Waals surface area contributed by atoms with E-state index in [1.54, 1.807) is 29.2 Å². The first kappa shape index (κ1) is 21.5. The van der Waals surface area contributed by atoms with Gasteiger partial charge in [-0.3, -0.25) is 24.6 Å². The molecule has 2 rings (SSSR count). The minimum atomic E-state index is -0.516. The first-order chi connectivity index (χ1) is 13.3. The average Bonchev–Trinajstić information content (AvgIpc) is 3.16. The van der Waals surface area contributed by atoms with Gasteiger partial charge in [0.05, 0.1) is 24.6 Å². The van der Waals surface area contributed by atoms with Gasteiger partial charge in [0.1, 0.15) is 5.69 Å². The number of carbonyl (C=O) groups is 2. The second kappa shape index (κ2) is 9.95. The fourth-order valence-electron chi connectivity index (χ4n) is 2.63. The van der Waals surface area contributed by atoms with Crippen LogP contribution in [0.3, 0.4) is 0 Å². The molecule has 1 heterocycles. The summed E-state index contributed by atoms with van der Waals surface area (Å²) in [6.07, 6.45) is 0. The molecule has 2 N–H and O–H groups in total. The number of amides is 2. The van der Waals surface area contributed by atoms with Gasteiger partial charge in [0.2, 0.25) is 11.8 Å². The molecule has 0 aliphatic heterocycles. The van der Waals surface area contributed by atoms with Gasteiger partial charge in [0.15, 0.2) is 0 Å². The van der Waals surface area contributed by atoms with Gasteiger partial charge in [-0.05, 0) is 43.0 Å². The summed E-state index contributed by atoms with van der Waals surface area (Å²) in [6, 6.07) is 6.89. The molecule has 150 valence electrons. The summed E-state index contributed by atoms with van der Waals surface area (Å²) >= 11 is 1.56. The number of likely N-dealkylation sites (N-methyl/N-ethyl adjacent to an activating group) is 1. The van der Waals surface area contributed by atoms with Gasteiger partial charge in [0, 0.05) is 10.9 Å². The van der Waals surface area contributed by atoms with Crippen LogP contribution in [0.1, 0.15) is 22.9 Å². The van der Waals surface area contributed by atoms with Gasteiger partial charge in [0.25, 0.3) is 5.69 Å². The lowest BCUT2D eigenvalue weighted by atomic mass is 10.1. The summed E-state index contributed by atoms with van der Waals surface area (Å²) in [4.78, 5) is 38.0. The highest BCUT2D eigenvalue weighted by Crippen LogP contribution is 2.30. The van der Waals surface area contributed by atoms with Crippen molar-refractivity contribution in [1.82, 2.24) is 10.2 Å². The highest BCUT2D eigenvalue weighted by Gasteiger charge is 2.21. The smallest absolute Gasteiger partial charge is 0.293 e. The largest absolute Gasteiger partial charge is 0.350 e. The molecule has 0 unspecified atom stereocenters. The average molecular weight is 404 g/mol. The lowest BCUT2D eigenvalue weighted by Gasteiger charge is -2.20. The summed E-state index contributed by atoms with van der Waals surface area (Å²) in [7, 11) is 0. The molecule has 0 spiro atoms. The molecule has 0 saturated carbocycles. The lowest BCUT2D eigenvalue weighted by molar-refractivity contribution is -0.384. The van der Waals surface area contributed by atoms with Crippen molar-refractivity contribution in [2.24, 2.45) is 0 Å². The Morgan fingerprint density at radius 1 is 1.18 bits per heavy atom. The molecule has 1 aromatic carbocycles. The molecule has 8 nitrogen and oxygen atoms in total. The highest BCUT2D eigenvalue weighted by atomic mass is 32.1. The normalized spacial score (nSPS) is 10.7. The molecule has 0 saturated heterocycles. The number of aryl methyl sites for hydroxylation is 1. The number of nitrogens with one attached hydrogen (secondary N) is 2. The zero-order valence-electron chi connectivity index (χ0n) is 16.2. The molecule has 0 bridgehead atoms. The number of anilines is 1. The number of benzene rings is 1. The summed E-state index contributed by atoms with van der Waals surface area (Å²) < 4.78 is 0. The van der Waals surface area contributed by atoms with E-state index in [4.69, 9.17) is 0 Å². The maximum atomic E-state index is 12.4. The maximum Gasteiger partial charge on any atom is 0.293 e. The molecule has 1 aromatic heterocycles. The molecule has 2 amide bonds. The van der Waals surface area contributed by atoms with Crippen LogP contribution in [0.2, 0.25) is 0 Å². The Hall–Kier alpha value is -2.78. The Kier molecular flexibility index (Phi) is 7.65. The third kappa shape index (κ3) is 5.86. The Morgan fingerprint density at radius 3 is 2.50 bits per heavy atom. The number of hydrogen-bond acceptors (Lipinski definition) is 6. The monoisotopic (exact) mass is 404 g/mol. The summed E-state index contributed by atoms with van der Waals surface area (Å²) in [5.41, 5.74) is 1.56. The topological polar surface area (TPSA) is 105 Å². The number of nitro benzene ring substituents is 1. The number of rotatable bonds is 9. The quantitative estimate of drug-likeness (QED) is 0.494. The molecule has 0 atom stereocenters. The molecule has 0 radical (unpaired) electrons. The van der Waals surface area contributed by atoms with Gasteiger partial charge in [-0.2, -0.15) is 0 Å². The van der Waals surface area contributed by atoms with Crippen LogP contribution in [0, 0.1) is 24.0 Å². The van der Waals surface area contributed by atoms with E-state index >= 15 is 0 Å². The molecule has 0 aliphatic carbocycles. The van der Waals surface area contributed by atoms with Crippen LogP contribution in [0.25, 0.3) is 0 Å². The van der Waals surface area contributed by atoms with Crippen molar-refractivity contribution in [3.8, 4) is 0 Å². The van der Waals surface area contributed by atoms with Crippen LogP contribution in [-0.4, -0.2) is 41.3 Å². The number of nitrogens with zero attached hydrogens (tertiary/aromatic N) is 2. The van der Waals surface area contributed by atoms with E-state index in [-0.39, 0.29) is 30.4 Å². The fourth-order valence-corrected chi connectivity index (χ4v) is 3.28. The summed E-state index contributed by atoms with van der Waals surface area (Å²) in [5.74, 6) is -0.578. The lowest BCUT2D eigenvalue weighted by Crippen LogP contribution is -2.40. The minimum Gasteiger partial charge on any atom is -0.350 e. The van der Waals surface area contributed by atoms with Crippen molar-refractivity contribution in [1.29, 1.82) is 0 Å². The van der Waals surface area contributed by atoms with Gasteiger partial charge in [-0.1, -0.05) is 19.1 Å². The fraction of sp³-hybridized carbons (Fsp3) is 0.368. The third-order valence-electron chi connectivity index (χ3n) is 4.40. The molecule has 0 aliphatic rings. The minimum absolute atomic E-state index is 0.0343. The first-order valence-corrected chi connectivity index (χ1v) is 9.75. The second-order valence-corrected chi connectivity index (χ2v) is 7.40. The molecular formula is C19H24N4O4S. The van der Waals surface area contributed by atoms with Crippen LogP contribution in [0.4, 0.5) is 11.4 Å². The second-order valence-electron chi connectivity index (χ2n) is 6.37. The van der Waals surface area contributed by atoms with E-state index in [1.807, 2.05) is 31.4 Å². The third-order valence-corrected chi connectivity index (χ3v) is 5.27. The maximum absolute atomic E-state index is 12.4. The van der Waals surface area contributed by atoms with Gasteiger partial charge < -0.3 is 10.6 Å². The van der Waals surface area contributed by atoms with Gasteiger partial charge in [-0.25, -0.2) is 0 Å². The van der Waals surface area contributed by atoms with Gasteiger partial charge >= 0.3 is 0 Å². The zero-order chi connectivity index (χ0) is 20.7. The molecule has 0 fully saturated rings. The summed E-state index contributed by atoms with van der Waals surface area (Å²) in [5, 5.41) is 18.7. The van der Waals surface area contributed by atoms with Crippen molar-refractivity contribution in [3.63, 3.8) is 0 Å². The van der Waals surface area contributed by atoms with Crippen molar-refractivity contribution in [2.45, 2.75) is 27.3 Å². The van der Waals surface area contributed by atoms with E-state index in [2.05, 4.69) is 10.6 Å². The Labute approximate surface area is 167 Å². The zero-order valence-corrected chi connectivity index (χ0v) is 17.0. The van der Waals surface area contributed by atoms with Crippen molar-refractivity contribution in [3.05, 3.63) is 55.8 Å². The highest BCUT2D eigenvalue weighted by molar-refractivity contribution is 7.09. The van der Waals surface area contributed by atoms with Crippen molar-refractivity contribution >= 4 is 34.5 Å².